The van der Waals surface area contributed by atoms with Gasteiger partial charge in [-0.2, -0.15) is 4.98 Å². The first-order chi connectivity index (χ1) is 16.6. The fourth-order valence-corrected chi connectivity index (χ4v) is 5.71. The number of anilines is 4. The molecule has 186 valence electrons. The lowest BCUT2D eigenvalue weighted by Crippen LogP contribution is -2.26. The summed E-state index contributed by atoms with van der Waals surface area (Å²) in [6.07, 6.45) is 3.12. The quantitative estimate of drug-likeness (QED) is 0.322. The number of hydrogen-bond donors (Lipinski definition) is 4. The lowest BCUT2D eigenvalue weighted by Gasteiger charge is -2.13. The van der Waals surface area contributed by atoms with Gasteiger partial charge in [0.05, 0.1) is 10.1 Å². The zero-order valence-electron chi connectivity index (χ0n) is 19.7. The number of benzene rings is 2. The van der Waals surface area contributed by atoms with Gasteiger partial charge in [-0.25, -0.2) is 31.3 Å². The number of nitrogens with one attached hydrogen (secondary N) is 4. The number of hydrogen-bond acceptors (Lipinski definition) is 8. The van der Waals surface area contributed by atoms with E-state index in [2.05, 4.69) is 30.0 Å². The Morgan fingerprint density at radius 2 is 1.60 bits per heavy atom. The van der Waals surface area contributed by atoms with Crippen LogP contribution in [0.2, 0.25) is 0 Å². The summed E-state index contributed by atoms with van der Waals surface area (Å²) in [6.45, 7) is 3.85. The van der Waals surface area contributed by atoms with Crippen molar-refractivity contribution in [3.63, 3.8) is 0 Å². The molecule has 1 aromatic heterocycles. The van der Waals surface area contributed by atoms with Crippen molar-refractivity contribution in [3.8, 4) is 0 Å². The fraction of sp³-hybridized carbons (Fsp3) is 0.304. The van der Waals surface area contributed by atoms with Gasteiger partial charge in [-0.1, -0.05) is 18.2 Å². The van der Waals surface area contributed by atoms with E-state index in [0.29, 0.717) is 23.0 Å². The van der Waals surface area contributed by atoms with Crippen molar-refractivity contribution in [2.45, 2.75) is 43.4 Å². The molecule has 4 rings (SSSR count). The van der Waals surface area contributed by atoms with Crippen molar-refractivity contribution >= 4 is 43.2 Å². The average molecular weight is 517 g/mol. The minimum Gasteiger partial charge on any atom is -0.340 e. The molecular weight excluding hydrogens is 488 g/mol. The Hall–Kier alpha value is -3.06. The van der Waals surface area contributed by atoms with E-state index in [1.165, 1.54) is 13.1 Å². The highest BCUT2D eigenvalue weighted by Crippen LogP contribution is 2.28. The topological polar surface area (TPSA) is 142 Å². The van der Waals surface area contributed by atoms with Crippen LogP contribution in [0.1, 0.15) is 29.5 Å². The molecule has 1 aliphatic carbocycles. The van der Waals surface area contributed by atoms with Crippen molar-refractivity contribution in [1.82, 2.24) is 19.4 Å². The highest BCUT2D eigenvalue weighted by Gasteiger charge is 2.35. The molecule has 10 nitrogen and oxygen atoms in total. The summed E-state index contributed by atoms with van der Waals surface area (Å²) in [5.74, 6) is 0.890. The second-order valence-electron chi connectivity index (χ2n) is 8.43. The van der Waals surface area contributed by atoms with Crippen LogP contribution in [-0.2, 0) is 26.6 Å². The normalized spacial score (nSPS) is 14.0. The van der Waals surface area contributed by atoms with Crippen LogP contribution in [0, 0.1) is 13.8 Å². The summed E-state index contributed by atoms with van der Waals surface area (Å²) in [5, 5.41) is 6.06. The minimum absolute atomic E-state index is 0.176. The molecule has 0 atom stereocenters. The van der Waals surface area contributed by atoms with E-state index in [1.54, 1.807) is 25.3 Å². The van der Waals surface area contributed by atoms with Crippen molar-refractivity contribution < 1.29 is 16.8 Å². The standard InChI is InChI=1S/C23H28N6O4S2/c1-15-4-7-19(12-21(15)35(32,33)24-3)28-23-25-13-16(2)22(29-23)27-18-8-5-17(6-9-18)14-26-34(30,31)20-10-11-20/h4-9,12-13,20,24,26H,10-11,14H2,1-3H3,(H2,25,27,28,29). The smallest absolute Gasteiger partial charge is 0.240 e. The van der Waals surface area contributed by atoms with Gasteiger partial charge < -0.3 is 10.6 Å². The average Bonchev–Trinajstić information content (AvgIpc) is 3.68. The summed E-state index contributed by atoms with van der Waals surface area (Å²) in [7, 11) is -5.45. The lowest BCUT2D eigenvalue weighted by molar-refractivity contribution is 0.579. The number of aryl methyl sites for hydroxylation is 2. The Bertz CT molecular complexity index is 1440. The maximum Gasteiger partial charge on any atom is 0.240 e. The highest BCUT2D eigenvalue weighted by molar-refractivity contribution is 7.90. The third-order valence-electron chi connectivity index (χ3n) is 5.63. The molecule has 0 aliphatic heterocycles. The molecule has 3 aromatic rings. The molecule has 0 bridgehead atoms. The maximum absolute atomic E-state index is 12.3. The predicted octanol–water partition coefficient (Wildman–Crippen LogP) is 3.07. The van der Waals surface area contributed by atoms with Crippen molar-refractivity contribution in [2.75, 3.05) is 17.7 Å². The Labute approximate surface area is 205 Å². The second-order valence-corrected chi connectivity index (χ2v) is 12.3. The van der Waals surface area contributed by atoms with Gasteiger partial charge in [0.25, 0.3) is 0 Å². The monoisotopic (exact) mass is 516 g/mol. The number of nitrogens with zero attached hydrogens (tertiary/aromatic N) is 2. The molecular formula is C23H28N6O4S2. The van der Waals surface area contributed by atoms with Crippen LogP contribution in [0.4, 0.5) is 23.1 Å². The van der Waals surface area contributed by atoms with Crippen LogP contribution >= 0.6 is 0 Å². The minimum atomic E-state index is -3.60. The Morgan fingerprint density at radius 3 is 2.26 bits per heavy atom. The molecule has 4 N–H and O–H groups in total. The SMILES string of the molecule is CNS(=O)(=O)c1cc(Nc2ncc(C)c(Nc3ccc(CNS(=O)(=O)C4CC4)cc3)n2)ccc1C. The zero-order valence-corrected chi connectivity index (χ0v) is 21.3. The van der Waals surface area contributed by atoms with Gasteiger partial charge in [-0.15, -0.1) is 0 Å². The third kappa shape index (κ3) is 6.14. The first-order valence-electron chi connectivity index (χ1n) is 11.1. The molecule has 2 aromatic carbocycles. The van der Waals surface area contributed by atoms with Crippen LogP contribution < -0.4 is 20.1 Å². The van der Waals surface area contributed by atoms with Gasteiger partial charge in [-0.05, 0) is 69.1 Å². The van der Waals surface area contributed by atoms with E-state index in [4.69, 9.17) is 0 Å². The first-order valence-corrected chi connectivity index (χ1v) is 14.1. The molecule has 12 heteroatoms. The molecule has 0 amide bonds. The second kappa shape index (κ2) is 9.90. The Balaban J connectivity index is 1.46. The number of sulfonamides is 2. The Morgan fingerprint density at radius 1 is 0.914 bits per heavy atom. The van der Waals surface area contributed by atoms with Crippen LogP contribution in [0.25, 0.3) is 0 Å². The summed E-state index contributed by atoms with van der Waals surface area (Å²) in [4.78, 5) is 9.00. The third-order valence-corrected chi connectivity index (χ3v) is 9.08. The van der Waals surface area contributed by atoms with Crippen LogP contribution in [0.15, 0.2) is 53.6 Å². The van der Waals surface area contributed by atoms with Gasteiger partial charge in [0.2, 0.25) is 26.0 Å². The van der Waals surface area contributed by atoms with Crippen LogP contribution in [0.3, 0.4) is 0 Å². The molecule has 0 unspecified atom stereocenters. The van der Waals surface area contributed by atoms with E-state index in [-0.39, 0.29) is 16.7 Å². The van der Waals surface area contributed by atoms with Gasteiger partial charge in [0, 0.05) is 29.7 Å². The highest BCUT2D eigenvalue weighted by atomic mass is 32.2. The summed E-state index contributed by atoms with van der Waals surface area (Å²) in [6, 6.07) is 12.4. The maximum atomic E-state index is 12.3. The van der Waals surface area contributed by atoms with Gasteiger partial charge in [0.15, 0.2) is 0 Å². The molecule has 0 saturated heterocycles. The van der Waals surface area contributed by atoms with Crippen molar-refractivity contribution in [3.05, 3.63) is 65.4 Å². The number of aromatic nitrogens is 2. The van der Waals surface area contributed by atoms with Gasteiger partial charge in [0.1, 0.15) is 5.82 Å². The van der Waals surface area contributed by atoms with Crippen molar-refractivity contribution in [1.29, 1.82) is 0 Å². The largest absolute Gasteiger partial charge is 0.340 e. The first kappa shape index (κ1) is 25.0. The van der Waals surface area contributed by atoms with Crippen LogP contribution in [-0.4, -0.2) is 39.1 Å². The van der Waals surface area contributed by atoms with E-state index in [1.807, 2.05) is 31.2 Å². The summed E-state index contributed by atoms with van der Waals surface area (Å²) >= 11 is 0. The lowest BCUT2D eigenvalue weighted by atomic mass is 10.2. The fourth-order valence-electron chi connectivity index (χ4n) is 3.36. The molecule has 1 saturated carbocycles. The summed E-state index contributed by atoms with van der Waals surface area (Å²) in [5.41, 5.74) is 3.62. The van der Waals surface area contributed by atoms with Crippen LogP contribution in [0.5, 0.6) is 0 Å². The zero-order chi connectivity index (χ0) is 25.2. The van der Waals surface area contributed by atoms with Gasteiger partial charge in [-0.3, -0.25) is 0 Å². The molecule has 1 fully saturated rings. The predicted molar refractivity (Wildman–Crippen MR) is 136 cm³/mol. The molecule has 0 radical (unpaired) electrons. The molecule has 0 spiro atoms. The molecule has 1 aliphatic rings. The van der Waals surface area contributed by atoms with E-state index < -0.39 is 20.0 Å². The molecule has 1 heterocycles. The Kier molecular flexibility index (Phi) is 7.08. The van der Waals surface area contributed by atoms with Gasteiger partial charge >= 0.3 is 0 Å². The summed E-state index contributed by atoms with van der Waals surface area (Å²) < 4.78 is 53.5. The molecule has 35 heavy (non-hydrogen) atoms. The number of rotatable bonds is 10. The van der Waals surface area contributed by atoms with Crippen molar-refractivity contribution in [2.24, 2.45) is 0 Å². The van der Waals surface area contributed by atoms with E-state index >= 15 is 0 Å². The van der Waals surface area contributed by atoms with E-state index in [0.717, 1.165) is 29.7 Å². The van der Waals surface area contributed by atoms with E-state index in [9.17, 15) is 16.8 Å².